The van der Waals surface area contributed by atoms with E-state index < -0.39 is 0 Å². The summed E-state index contributed by atoms with van der Waals surface area (Å²) < 4.78 is 4.98. The van der Waals surface area contributed by atoms with E-state index in [0.717, 1.165) is 33.8 Å². The quantitative estimate of drug-likeness (QED) is 0.185. The Bertz CT molecular complexity index is 2830. The molecule has 10 aromatic rings. The molecule has 0 radical (unpaired) electrons. The van der Waals surface area contributed by atoms with Gasteiger partial charge in [-0.1, -0.05) is 140 Å². The third-order valence-electron chi connectivity index (χ3n) is 9.63. The predicted molar refractivity (Wildman–Crippen MR) is 211 cm³/mol. The van der Waals surface area contributed by atoms with E-state index in [4.69, 9.17) is 9.97 Å². The zero-order chi connectivity index (χ0) is 33.0. The summed E-state index contributed by atoms with van der Waals surface area (Å²) in [5, 5.41) is 5.07. The number of fused-ring (bicyclic) bond motifs is 6. The average Bonchev–Trinajstić information content (AvgIpc) is 3.74. The molecule has 0 unspecified atom stereocenters. The van der Waals surface area contributed by atoms with Crippen LogP contribution in [0.3, 0.4) is 0 Å². The van der Waals surface area contributed by atoms with Crippen LogP contribution in [0.4, 0.5) is 0 Å². The van der Waals surface area contributed by atoms with Crippen molar-refractivity contribution in [2.24, 2.45) is 0 Å². The van der Waals surface area contributed by atoms with Gasteiger partial charge in [-0.3, -0.25) is 0 Å². The van der Waals surface area contributed by atoms with Gasteiger partial charge in [0.25, 0.3) is 0 Å². The van der Waals surface area contributed by atoms with Crippen LogP contribution in [0.25, 0.3) is 92.7 Å². The van der Waals surface area contributed by atoms with Crippen LogP contribution in [0.1, 0.15) is 0 Å². The molecule has 4 heteroatoms. The van der Waals surface area contributed by atoms with Gasteiger partial charge >= 0.3 is 0 Å². The summed E-state index contributed by atoms with van der Waals surface area (Å²) >= 11 is 1.86. The summed E-state index contributed by atoms with van der Waals surface area (Å²) in [6.45, 7) is 0. The van der Waals surface area contributed by atoms with E-state index in [1.807, 2.05) is 29.5 Å². The monoisotopic (exact) mass is 655 g/mol. The summed E-state index contributed by atoms with van der Waals surface area (Å²) in [4.78, 5) is 10.5. The number of benzene rings is 7. The van der Waals surface area contributed by atoms with E-state index in [9.17, 15) is 0 Å². The Hall–Kier alpha value is -6.36. The molecule has 0 aliphatic carbocycles. The van der Waals surface area contributed by atoms with Gasteiger partial charge in [0.15, 0.2) is 5.82 Å². The Morgan fingerprint density at radius 1 is 0.400 bits per heavy atom. The van der Waals surface area contributed by atoms with E-state index in [2.05, 4.69) is 162 Å². The minimum atomic E-state index is 0.701. The lowest BCUT2D eigenvalue weighted by Crippen LogP contribution is -2.00. The van der Waals surface area contributed by atoms with Crippen molar-refractivity contribution in [3.63, 3.8) is 0 Å². The fourth-order valence-corrected chi connectivity index (χ4v) is 8.58. The van der Waals surface area contributed by atoms with Gasteiger partial charge in [0.2, 0.25) is 0 Å². The van der Waals surface area contributed by atoms with Crippen LogP contribution >= 0.6 is 11.3 Å². The van der Waals surface area contributed by atoms with E-state index in [0.29, 0.717) is 5.82 Å². The topological polar surface area (TPSA) is 30.7 Å². The number of rotatable bonds is 5. The molecular formula is C46H29N3S. The lowest BCUT2D eigenvalue weighted by Gasteiger charge is -2.15. The highest BCUT2D eigenvalue weighted by Crippen LogP contribution is 2.41. The minimum absolute atomic E-state index is 0.701. The lowest BCUT2D eigenvalue weighted by atomic mass is 9.99. The smallest absolute Gasteiger partial charge is 0.160 e. The zero-order valence-electron chi connectivity index (χ0n) is 27.0. The molecule has 0 atom stereocenters. The third-order valence-corrected chi connectivity index (χ3v) is 10.9. The second-order valence-corrected chi connectivity index (χ2v) is 13.6. The number of hydrogen-bond donors (Lipinski definition) is 0. The van der Waals surface area contributed by atoms with Crippen LogP contribution in [-0.4, -0.2) is 14.5 Å². The van der Waals surface area contributed by atoms with Crippen LogP contribution in [-0.2, 0) is 0 Å². The number of thiophene rings is 1. The SMILES string of the molecule is c1ccc(-c2nc(-c3cccc(-c4cccc5c4sc4ccccc45)c3)cc(-c3ccccc3-n3c4ccccc4c4ccccc43)n2)cc1. The standard InChI is InChI=1S/C46H29N3S/c1-2-14-30(15-3-1)46-47-39(32-17-12-16-31(28-32)33-22-13-23-37-36-20-7-11-27-44(36)50-45(33)37)29-40(48-46)38-21-6-10-26-43(38)49-41-24-8-4-18-34(41)35-19-5-9-25-42(35)49/h1-29H. The van der Waals surface area contributed by atoms with Crippen LogP contribution < -0.4 is 0 Å². The van der Waals surface area contributed by atoms with Crippen LogP contribution in [0.2, 0.25) is 0 Å². The molecule has 0 aliphatic heterocycles. The maximum absolute atomic E-state index is 5.25. The molecular weight excluding hydrogens is 627 g/mol. The number of hydrogen-bond acceptors (Lipinski definition) is 3. The Labute approximate surface area is 293 Å². The van der Waals surface area contributed by atoms with Gasteiger partial charge in [0.1, 0.15) is 0 Å². The molecule has 10 rings (SSSR count). The number of nitrogens with zero attached hydrogens (tertiary/aromatic N) is 3. The molecule has 7 aromatic carbocycles. The lowest BCUT2D eigenvalue weighted by molar-refractivity contribution is 1.15. The second kappa shape index (κ2) is 11.7. The molecule has 0 amide bonds. The summed E-state index contributed by atoms with van der Waals surface area (Å²) in [5.74, 6) is 0.701. The predicted octanol–water partition coefficient (Wildman–Crippen LogP) is 12.6. The van der Waals surface area contributed by atoms with Gasteiger partial charge in [0, 0.05) is 47.6 Å². The van der Waals surface area contributed by atoms with Crippen molar-refractivity contribution >= 4 is 53.3 Å². The maximum Gasteiger partial charge on any atom is 0.160 e. The van der Waals surface area contributed by atoms with Gasteiger partial charge in [-0.05, 0) is 47.5 Å². The first kappa shape index (κ1) is 28.6. The molecule has 234 valence electrons. The second-order valence-electron chi connectivity index (χ2n) is 12.6. The van der Waals surface area contributed by atoms with Crippen molar-refractivity contribution in [1.82, 2.24) is 14.5 Å². The van der Waals surface area contributed by atoms with Crippen LogP contribution in [0.5, 0.6) is 0 Å². The Morgan fingerprint density at radius 2 is 0.980 bits per heavy atom. The molecule has 0 aliphatic rings. The first-order valence-electron chi connectivity index (χ1n) is 16.8. The van der Waals surface area contributed by atoms with Crippen molar-refractivity contribution in [2.45, 2.75) is 0 Å². The first-order chi connectivity index (χ1) is 24.8. The number of aromatic nitrogens is 3. The van der Waals surface area contributed by atoms with E-state index >= 15 is 0 Å². The Balaban J connectivity index is 1.18. The molecule has 3 aromatic heterocycles. The fourth-order valence-electron chi connectivity index (χ4n) is 7.34. The molecule has 0 fully saturated rings. The van der Waals surface area contributed by atoms with Gasteiger partial charge in [-0.25, -0.2) is 9.97 Å². The first-order valence-corrected chi connectivity index (χ1v) is 17.7. The third kappa shape index (κ3) is 4.65. The number of para-hydroxylation sites is 3. The molecule has 0 saturated heterocycles. The Morgan fingerprint density at radius 3 is 1.80 bits per heavy atom. The zero-order valence-corrected chi connectivity index (χ0v) is 27.8. The van der Waals surface area contributed by atoms with Gasteiger partial charge in [0.05, 0.1) is 28.1 Å². The largest absolute Gasteiger partial charge is 0.309 e. The molecule has 0 N–H and O–H groups in total. The molecule has 50 heavy (non-hydrogen) atoms. The van der Waals surface area contributed by atoms with Crippen LogP contribution in [0, 0.1) is 0 Å². The van der Waals surface area contributed by atoms with E-state index in [1.54, 1.807) is 0 Å². The fraction of sp³-hybridized carbons (Fsp3) is 0. The highest BCUT2D eigenvalue weighted by atomic mass is 32.1. The molecule has 0 saturated carbocycles. The van der Waals surface area contributed by atoms with Crippen LogP contribution in [0.15, 0.2) is 176 Å². The summed E-state index contributed by atoms with van der Waals surface area (Å²) in [7, 11) is 0. The molecule has 0 spiro atoms. The highest BCUT2D eigenvalue weighted by molar-refractivity contribution is 7.26. The van der Waals surface area contributed by atoms with Crippen molar-refractivity contribution < 1.29 is 0 Å². The van der Waals surface area contributed by atoms with Crippen molar-refractivity contribution in [2.75, 3.05) is 0 Å². The van der Waals surface area contributed by atoms with E-state index in [1.165, 1.54) is 53.1 Å². The normalized spacial score (nSPS) is 11.6. The average molecular weight is 656 g/mol. The summed E-state index contributed by atoms with van der Waals surface area (Å²) in [5.41, 5.74) is 10.7. The van der Waals surface area contributed by atoms with Gasteiger partial charge < -0.3 is 4.57 Å². The van der Waals surface area contributed by atoms with Gasteiger partial charge in [-0.15, -0.1) is 11.3 Å². The van der Waals surface area contributed by atoms with Crippen molar-refractivity contribution in [3.05, 3.63) is 176 Å². The van der Waals surface area contributed by atoms with Crippen molar-refractivity contribution in [1.29, 1.82) is 0 Å². The summed E-state index contributed by atoms with van der Waals surface area (Å²) in [6, 6.07) is 62.4. The van der Waals surface area contributed by atoms with E-state index in [-0.39, 0.29) is 0 Å². The van der Waals surface area contributed by atoms with Crippen molar-refractivity contribution in [3.8, 4) is 50.7 Å². The molecule has 3 heterocycles. The Kier molecular flexibility index (Phi) is 6.68. The highest BCUT2D eigenvalue weighted by Gasteiger charge is 2.18. The minimum Gasteiger partial charge on any atom is -0.309 e. The molecule has 0 bridgehead atoms. The maximum atomic E-state index is 5.25. The van der Waals surface area contributed by atoms with Gasteiger partial charge in [-0.2, -0.15) is 0 Å². The summed E-state index contributed by atoms with van der Waals surface area (Å²) in [6.07, 6.45) is 0. The molecule has 3 nitrogen and oxygen atoms in total.